The second-order valence-electron chi connectivity index (χ2n) is 3.55. The molecule has 0 unspecified atom stereocenters. The molecule has 0 aliphatic rings. The molecule has 0 saturated heterocycles. The van der Waals surface area contributed by atoms with E-state index in [2.05, 4.69) is 4.98 Å². The molecule has 2 aromatic heterocycles. The highest BCUT2D eigenvalue weighted by molar-refractivity contribution is 5.64. The molecule has 0 amide bonds. The van der Waals surface area contributed by atoms with E-state index in [9.17, 15) is 4.39 Å². The number of benzene rings is 1. The maximum atomic E-state index is 13.6. The van der Waals surface area contributed by atoms with E-state index in [1.807, 2.05) is 34.9 Å². The standard InChI is InChI=1S/C13H9FN2/c14-11-6-2-1-5-10(11)12-9-15-13-7-3-4-8-16(12)13/h1-9H. The zero-order valence-electron chi connectivity index (χ0n) is 8.47. The third kappa shape index (κ3) is 1.29. The van der Waals surface area contributed by atoms with E-state index < -0.39 is 0 Å². The Hall–Kier alpha value is -2.16. The van der Waals surface area contributed by atoms with Crippen molar-refractivity contribution in [2.24, 2.45) is 0 Å². The fraction of sp³-hybridized carbons (Fsp3) is 0. The van der Waals surface area contributed by atoms with Gasteiger partial charge < -0.3 is 0 Å². The Morgan fingerprint density at radius 2 is 1.81 bits per heavy atom. The first-order chi connectivity index (χ1) is 7.86. The van der Waals surface area contributed by atoms with Crippen LogP contribution in [0.4, 0.5) is 4.39 Å². The molecule has 0 bridgehead atoms. The first-order valence-corrected chi connectivity index (χ1v) is 5.03. The van der Waals surface area contributed by atoms with Gasteiger partial charge in [0.15, 0.2) is 0 Å². The predicted molar refractivity (Wildman–Crippen MR) is 60.6 cm³/mol. The number of aromatic nitrogens is 2. The van der Waals surface area contributed by atoms with Gasteiger partial charge in [-0.05, 0) is 24.3 Å². The number of rotatable bonds is 1. The third-order valence-electron chi connectivity index (χ3n) is 2.57. The fourth-order valence-electron chi connectivity index (χ4n) is 1.80. The highest BCUT2D eigenvalue weighted by Crippen LogP contribution is 2.23. The second kappa shape index (κ2) is 3.45. The molecule has 2 heterocycles. The minimum atomic E-state index is -0.229. The van der Waals surface area contributed by atoms with E-state index in [1.165, 1.54) is 6.07 Å². The van der Waals surface area contributed by atoms with Crippen LogP contribution in [0.25, 0.3) is 16.9 Å². The highest BCUT2D eigenvalue weighted by atomic mass is 19.1. The van der Waals surface area contributed by atoms with E-state index in [1.54, 1.807) is 18.3 Å². The molecule has 0 spiro atoms. The monoisotopic (exact) mass is 212 g/mol. The number of imidazole rings is 1. The van der Waals surface area contributed by atoms with E-state index in [0.29, 0.717) is 5.56 Å². The zero-order valence-corrected chi connectivity index (χ0v) is 8.47. The van der Waals surface area contributed by atoms with Crippen LogP contribution in [-0.2, 0) is 0 Å². The summed E-state index contributed by atoms with van der Waals surface area (Å²) in [6.45, 7) is 0. The molecule has 2 nitrogen and oxygen atoms in total. The smallest absolute Gasteiger partial charge is 0.137 e. The van der Waals surface area contributed by atoms with Gasteiger partial charge in [0.05, 0.1) is 11.9 Å². The largest absolute Gasteiger partial charge is 0.300 e. The SMILES string of the molecule is Fc1ccccc1-c1cnc2ccccn12. The number of halogens is 1. The summed E-state index contributed by atoms with van der Waals surface area (Å²) in [5, 5.41) is 0. The molecule has 0 saturated carbocycles. The fourth-order valence-corrected chi connectivity index (χ4v) is 1.80. The van der Waals surface area contributed by atoms with Gasteiger partial charge in [-0.15, -0.1) is 0 Å². The van der Waals surface area contributed by atoms with Gasteiger partial charge in [0.2, 0.25) is 0 Å². The lowest BCUT2D eigenvalue weighted by molar-refractivity contribution is 0.630. The van der Waals surface area contributed by atoms with Crippen LogP contribution in [0.5, 0.6) is 0 Å². The summed E-state index contributed by atoms with van der Waals surface area (Å²) in [4.78, 5) is 4.23. The quantitative estimate of drug-likeness (QED) is 0.605. The normalized spacial score (nSPS) is 10.8. The van der Waals surface area contributed by atoms with Crippen LogP contribution in [0, 0.1) is 5.82 Å². The molecule has 3 aromatic rings. The average Bonchev–Trinajstić information content (AvgIpc) is 2.74. The molecule has 3 rings (SSSR count). The van der Waals surface area contributed by atoms with Crippen LogP contribution in [0.15, 0.2) is 54.9 Å². The lowest BCUT2D eigenvalue weighted by Gasteiger charge is -2.02. The number of nitrogens with zero attached hydrogens (tertiary/aromatic N) is 2. The van der Waals surface area contributed by atoms with Gasteiger partial charge in [-0.1, -0.05) is 18.2 Å². The van der Waals surface area contributed by atoms with Gasteiger partial charge in [0, 0.05) is 11.8 Å². The molecular weight excluding hydrogens is 203 g/mol. The highest BCUT2D eigenvalue weighted by Gasteiger charge is 2.08. The average molecular weight is 212 g/mol. The molecule has 3 heteroatoms. The minimum absolute atomic E-state index is 0.229. The van der Waals surface area contributed by atoms with Crippen LogP contribution >= 0.6 is 0 Å². The van der Waals surface area contributed by atoms with Crippen molar-refractivity contribution in [1.82, 2.24) is 9.38 Å². The summed E-state index contributed by atoms with van der Waals surface area (Å²) in [6, 6.07) is 12.4. The summed E-state index contributed by atoms with van der Waals surface area (Å²) in [5.74, 6) is -0.229. The molecule has 0 radical (unpaired) electrons. The van der Waals surface area contributed by atoms with Gasteiger partial charge in [0.1, 0.15) is 11.5 Å². The van der Waals surface area contributed by atoms with Crippen molar-refractivity contribution in [1.29, 1.82) is 0 Å². The number of pyridine rings is 1. The third-order valence-corrected chi connectivity index (χ3v) is 2.57. The Bertz CT molecular complexity index is 643. The summed E-state index contributed by atoms with van der Waals surface area (Å²) >= 11 is 0. The predicted octanol–water partition coefficient (Wildman–Crippen LogP) is 3.14. The van der Waals surface area contributed by atoms with Crippen molar-refractivity contribution < 1.29 is 4.39 Å². The number of fused-ring (bicyclic) bond motifs is 1. The van der Waals surface area contributed by atoms with Crippen molar-refractivity contribution in [2.45, 2.75) is 0 Å². The van der Waals surface area contributed by atoms with E-state index in [4.69, 9.17) is 0 Å². The first kappa shape index (κ1) is 9.09. The molecule has 78 valence electrons. The zero-order chi connectivity index (χ0) is 11.0. The Morgan fingerprint density at radius 1 is 1.00 bits per heavy atom. The van der Waals surface area contributed by atoms with Crippen LogP contribution in [0.1, 0.15) is 0 Å². The van der Waals surface area contributed by atoms with Gasteiger partial charge in [-0.25, -0.2) is 9.37 Å². The second-order valence-corrected chi connectivity index (χ2v) is 3.55. The minimum Gasteiger partial charge on any atom is -0.300 e. The van der Waals surface area contributed by atoms with E-state index >= 15 is 0 Å². The first-order valence-electron chi connectivity index (χ1n) is 5.03. The molecule has 1 aromatic carbocycles. The molecule has 16 heavy (non-hydrogen) atoms. The molecule has 0 atom stereocenters. The lowest BCUT2D eigenvalue weighted by Crippen LogP contribution is -1.89. The van der Waals surface area contributed by atoms with Gasteiger partial charge in [-0.3, -0.25) is 4.40 Å². The molecular formula is C13H9FN2. The maximum absolute atomic E-state index is 13.6. The van der Waals surface area contributed by atoms with E-state index in [-0.39, 0.29) is 5.82 Å². The molecule has 0 aliphatic heterocycles. The summed E-state index contributed by atoms with van der Waals surface area (Å²) < 4.78 is 15.5. The van der Waals surface area contributed by atoms with Gasteiger partial charge in [-0.2, -0.15) is 0 Å². The summed E-state index contributed by atoms with van der Waals surface area (Å²) in [7, 11) is 0. The lowest BCUT2D eigenvalue weighted by atomic mass is 10.1. The van der Waals surface area contributed by atoms with Crippen molar-refractivity contribution in [2.75, 3.05) is 0 Å². The van der Waals surface area contributed by atoms with Gasteiger partial charge >= 0.3 is 0 Å². The summed E-state index contributed by atoms with van der Waals surface area (Å²) in [5.41, 5.74) is 2.16. The molecule has 0 aliphatic carbocycles. The van der Waals surface area contributed by atoms with Crippen molar-refractivity contribution in [3.63, 3.8) is 0 Å². The molecule has 0 N–H and O–H groups in total. The van der Waals surface area contributed by atoms with Crippen molar-refractivity contribution >= 4 is 5.65 Å². The Kier molecular flexibility index (Phi) is 1.96. The van der Waals surface area contributed by atoms with Crippen LogP contribution in [0.2, 0.25) is 0 Å². The van der Waals surface area contributed by atoms with Gasteiger partial charge in [0.25, 0.3) is 0 Å². The Balaban J connectivity index is 2.31. The Morgan fingerprint density at radius 3 is 2.69 bits per heavy atom. The topological polar surface area (TPSA) is 17.3 Å². The van der Waals surface area contributed by atoms with Crippen LogP contribution in [-0.4, -0.2) is 9.38 Å². The number of hydrogen-bond donors (Lipinski definition) is 0. The van der Waals surface area contributed by atoms with Crippen molar-refractivity contribution in [3.05, 3.63) is 60.7 Å². The number of hydrogen-bond acceptors (Lipinski definition) is 1. The molecule has 0 fully saturated rings. The van der Waals surface area contributed by atoms with E-state index in [0.717, 1.165) is 11.3 Å². The van der Waals surface area contributed by atoms with Crippen LogP contribution in [0.3, 0.4) is 0 Å². The Labute approximate surface area is 92.0 Å². The maximum Gasteiger partial charge on any atom is 0.137 e. The van der Waals surface area contributed by atoms with Crippen LogP contribution < -0.4 is 0 Å². The summed E-state index contributed by atoms with van der Waals surface area (Å²) in [6.07, 6.45) is 3.57. The van der Waals surface area contributed by atoms with Crippen molar-refractivity contribution in [3.8, 4) is 11.3 Å².